The van der Waals surface area contributed by atoms with Crippen LogP contribution in [0.1, 0.15) is 19.3 Å². The third kappa shape index (κ3) is 2.81. The molecule has 6 heteroatoms. The minimum Gasteiger partial charge on any atom is -0.367 e. The zero-order chi connectivity index (χ0) is 11.4. The summed E-state index contributed by atoms with van der Waals surface area (Å²) < 4.78 is 5.09. The summed E-state index contributed by atoms with van der Waals surface area (Å²) >= 11 is 1.96. The summed E-state index contributed by atoms with van der Waals surface area (Å²) in [5, 5.41) is 6.50. The Balaban J connectivity index is 1.65. The monoisotopic (exact) mass is 245 g/mol. The topological polar surface area (TPSA) is 76.4 Å². The Morgan fingerprint density at radius 1 is 1.44 bits per heavy atom. The molecule has 0 aromatic heterocycles. The smallest absolute Gasteiger partial charge is 0.315 e. The lowest BCUT2D eigenvalue weighted by Crippen LogP contribution is -2.36. The van der Waals surface area contributed by atoms with Gasteiger partial charge in [0.25, 0.3) is 0 Å². The molecule has 0 bridgehead atoms. The minimum atomic E-state index is -0.00762. The standard InChI is InChI=1S/C10H19N3O2S/c11-6-15-4-2-1-3-8-9-7(5-16-8)12-10(14)13-9/h7-9H,1-6,11H2,(H2,12,13,14). The first-order chi connectivity index (χ1) is 7.81. The summed E-state index contributed by atoms with van der Waals surface area (Å²) in [6.45, 7) is 1.05. The van der Waals surface area contributed by atoms with Crippen LogP contribution in [0.25, 0.3) is 0 Å². The fourth-order valence-electron chi connectivity index (χ4n) is 2.28. The van der Waals surface area contributed by atoms with Crippen molar-refractivity contribution in [3.05, 3.63) is 0 Å². The number of fused-ring (bicyclic) bond motifs is 1. The van der Waals surface area contributed by atoms with Crippen LogP contribution >= 0.6 is 11.8 Å². The number of unbranched alkanes of at least 4 members (excludes halogenated alkanes) is 1. The number of nitrogens with one attached hydrogen (secondary N) is 2. The number of hydrogen-bond donors (Lipinski definition) is 3. The molecule has 0 radical (unpaired) electrons. The van der Waals surface area contributed by atoms with Gasteiger partial charge >= 0.3 is 6.03 Å². The van der Waals surface area contributed by atoms with Gasteiger partial charge in [-0.3, -0.25) is 0 Å². The summed E-state index contributed by atoms with van der Waals surface area (Å²) in [6.07, 6.45) is 3.32. The van der Waals surface area contributed by atoms with Gasteiger partial charge in [0.15, 0.2) is 0 Å². The van der Waals surface area contributed by atoms with E-state index in [1.807, 2.05) is 11.8 Å². The number of urea groups is 1. The first-order valence-electron chi connectivity index (χ1n) is 5.77. The minimum absolute atomic E-state index is 0.00762. The average molecular weight is 245 g/mol. The number of rotatable bonds is 6. The lowest BCUT2D eigenvalue weighted by molar-refractivity contribution is 0.136. The highest BCUT2D eigenvalue weighted by molar-refractivity contribution is 8.00. The Bertz CT molecular complexity index is 252. The van der Waals surface area contributed by atoms with E-state index in [0.29, 0.717) is 24.1 Å². The molecular formula is C10H19N3O2S. The number of thioether (sulfide) groups is 1. The van der Waals surface area contributed by atoms with E-state index >= 15 is 0 Å². The quantitative estimate of drug-likeness (QED) is 0.356. The second-order valence-electron chi connectivity index (χ2n) is 4.19. The third-order valence-electron chi connectivity index (χ3n) is 3.08. The summed E-state index contributed by atoms with van der Waals surface area (Å²) in [4.78, 5) is 11.2. The summed E-state index contributed by atoms with van der Waals surface area (Å²) in [5.41, 5.74) is 5.24. The number of hydrogen-bond acceptors (Lipinski definition) is 4. The molecule has 3 atom stereocenters. The van der Waals surface area contributed by atoms with Crippen LogP contribution in [0.5, 0.6) is 0 Å². The predicted octanol–water partition coefficient (Wildman–Crippen LogP) is 0.255. The lowest BCUT2D eigenvalue weighted by Gasteiger charge is -2.16. The Labute approximate surface area is 99.8 Å². The number of carbonyl (C=O) groups excluding carboxylic acids is 1. The molecular weight excluding hydrogens is 226 g/mol. The molecule has 4 N–H and O–H groups in total. The van der Waals surface area contributed by atoms with Gasteiger partial charge in [0.1, 0.15) is 0 Å². The zero-order valence-electron chi connectivity index (χ0n) is 9.28. The van der Waals surface area contributed by atoms with Gasteiger partial charge in [0.2, 0.25) is 0 Å². The van der Waals surface area contributed by atoms with E-state index in [1.54, 1.807) is 0 Å². The largest absolute Gasteiger partial charge is 0.367 e. The van der Waals surface area contributed by atoms with Crippen LogP contribution in [0.4, 0.5) is 4.79 Å². The molecule has 92 valence electrons. The van der Waals surface area contributed by atoms with Crippen molar-refractivity contribution in [1.29, 1.82) is 0 Å². The summed E-state index contributed by atoms with van der Waals surface area (Å²) in [5.74, 6) is 1.04. The van der Waals surface area contributed by atoms with E-state index in [1.165, 1.54) is 0 Å². The van der Waals surface area contributed by atoms with E-state index in [9.17, 15) is 4.79 Å². The first kappa shape index (κ1) is 12.0. The molecule has 0 aromatic rings. The molecule has 2 fully saturated rings. The van der Waals surface area contributed by atoms with Gasteiger partial charge < -0.3 is 21.1 Å². The second kappa shape index (κ2) is 5.75. The van der Waals surface area contributed by atoms with Crippen molar-refractivity contribution in [2.45, 2.75) is 36.6 Å². The van der Waals surface area contributed by atoms with Gasteiger partial charge in [-0.2, -0.15) is 11.8 Å². The second-order valence-corrected chi connectivity index (χ2v) is 5.46. The van der Waals surface area contributed by atoms with Crippen molar-refractivity contribution in [2.75, 3.05) is 19.1 Å². The number of nitrogens with two attached hydrogens (primary N) is 1. The van der Waals surface area contributed by atoms with Gasteiger partial charge in [0.05, 0.1) is 18.8 Å². The molecule has 3 unspecified atom stereocenters. The van der Waals surface area contributed by atoms with Crippen LogP contribution in [0, 0.1) is 0 Å². The zero-order valence-corrected chi connectivity index (χ0v) is 10.1. The maximum atomic E-state index is 11.2. The molecule has 0 spiro atoms. The fraction of sp³-hybridized carbons (Fsp3) is 0.900. The SMILES string of the molecule is NCOCCCCC1SCC2NC(=O)NC21. The molecule has 2 rings (SSSR count). The molecule has 2 amide bonds. The van der Waals surface area contributed by atoms with Crippen LogP contribution < -0.4 is 16.4 Å². The molecule has 16 heavy (non-hydrogen) atoms. The van der Waals surface area contributed by atoms with Gasteiger partial charge in [0, 0.05) is 17.6 Å². The summed E-state index contributed by atoms with van der Waals surface area (Å²) in [7, 11) is 0. The third-order valence-corrected chi connectivity index (χ3v) is 4.59. The number of carbonyl (C=O) groups is 1. The molecule has 5 nitrogen and oxygen atoms in total. The highest BCUT2D eigenvalue weighted by Crippen LogP contribution is 2.32. The Hall–Kier alpha value is -0.460. The predicted molar refractivity (Wildman–Crippen MR) is 64.3 cm³/mol. The van der Waals surface area contributed by atoms with E-state index in [4.69, 9.17) is 10.5 Å². The van der Waals surface area contributed by atoms with Crippen molar-refractivity contribution < 1.29 is 9.53 Å². The molecule has 2 saturated heterocycles. The maximum absolute atomic E-state index is 11.2. The van der Waals surface area contributed by atoms with Gasteiger partial charge in [-0.05, 0) is 19.3 Å². The molecule has 0 saturated carbocycles. The Morgan fingerprint density at radius 3 is 3.12 bits per heavy atom. The van der Waals surface area contributed by atoms with E-state index in [2.05, 4.69) is 10.6 Å². The highest BCUT2D eigenvalue weighted by Gasteiger charge is 2.42. The van der Waals surface area contributed by atoms with E-state index in [0.717, 1.165) is 31.6 Å². The van der Waals surface area contributed by atoms with Crippen molar-refractivity contribution in [2.24, 2.45) is 5.73 Å². The Morgan fingerprint density at radius 2 is 2.31 bits per heavy atom. The molecule has 2 heterocycles. The highest BCUT2D eigenvalue weighted by atomic mass is 32.2. The van der Waals surface area contributed by atoms with Crippen LogP contribution in [-0.2, 0) is 4.74 Å². The summed E-state index contributed by atoms with van der Waals surface area (Å²) in [6, 6.07) is 0.655. The van der Waals surface area contributed by atoms with Crippen LogP contribution in [0.2, 0.25) is 0 Å². The van der Waals surface area contributed by atoms with Crippen molar-refractivity contribution in [3.63, 3.8) is 0 Å². The van der Waals surface area contributed by atoms with Crippen LogP contribution in [-0.4, -0.2) is 42.5 Å². The first-order valence-corrected chi connectivity index (χ1v) is 6.82. The number of amides is 2. The Kier molecular flexibility index (Phi) is 4.31. The van der Waals surface area contributed by atoms with Gasteiger partial charge in [-0.15, -0.1) is 0 Å². The molecule has 0 aromatic carbocycles. The van der Waals surface area contributed by atoms with Gasteiger partial charge in [-0.25, -0.2) is 4.79 Å². The molecule has 0 aliphatic carbocycles. The number of ether oxygens (including phenoxy) is 1. The molecule has 2 aliphatic rings. The van der Waals surface area contributed by atoms with E-state index < -0.39 is 0 Å². The van der Waals surface area contributed by atoms with Crippen LogP contribution in [0.3, 0.4) is 0 Å². The molecule has 2 aliphatic heterocycles. The van der Waals surface area contributed by atoms with E-state index in [-0.39, 0.29) is 6.03 Å². The fourth-order valence-corrected chi connectivity index (χ4v) is 3.82. The normalized spacial score (nSPS) is 32.3. The van der Waals surface area contributed by atoms with Crippen molar-refractivity contribution in [3.8, 4) is 0 Å². The van der Waals surface area contributed by atoms with Gasteiger partial charge in [-0.1, -0.05) is 0 Å². The van der Waals surface area contributed by atoms with Crippen LogP contribution in [0.15, 0.2) is 0 Å². The maximum Gasteiger partial charge on any atom is 0.315 e. The van der Waals surface area contributed by atoms with Crippen molar-refractivity contribution >= 4 is 17.8 Å². The van der Waals surface area contributed by atoms with Crippen molar-refractivity contribution in [1.82, 2.24) is 10.6 Å². The average Bonchev–Trinajstić information content (AvgIpc) is 2.78. The lowest BCUT2D eigenvalue weighted by atomic mass is 10.0.